The van der Waals surface area contributed by atoms with Gasteiger partial charge in [0, 0.05) is 31.0 Å². The lowest BCUT2D eigenvalue weighted by Crippen LogP contribution is -2.58. The Bertz CT molecular complexity index is 2610. The van der Waals surface area contributed by atoms with E-state index in [0.29, 0.717) is 37.1 Å². The van der Waals surface area contributed by atoms with Gasteiger partial charge in [-0.15, -0.1) is 0 Å². The minimum atomic E-state index is -6.17. The Kier molecular flexibility index (Phi) is 16.9. The second-order valence-corrected chi connectivity index (χ2v) is 27.7. The molecule has 0 aliphatic carbocycles. The number of benzene rings is 2. The van der Waals surface area contributed by atoms with E-state index in [-0.39, 0.29) is 65.8 Å². The summed E-state index contributed by atoms with van der Waals surface area (Å²) < 4.78 is 109. The fraction of sp³-hybridized carbons (Fsp3) is 0.565. The molecule has 2 aromatic rings. The highest BCUT2D eigenvalue weighted by Crippen LogP contribution is 2.47. The highest BCUT2D eigenvalue weighted by molar-refractivity contribution is 7.87. The second-order valence-electron chi connectivity index (χ2n) is 18.9. The molecule has 0 unspecified atom stereocenters. The molecule has 0 saturated heterocycles. The van der Waals surface area contributed by atoms with Gasteiger partial charge in [0.2, 0.25) is 3.79 Å². The standard InChI is InChI=1S/C46H58Cl3F3N4O14SSi/c1-11-65-42(59)55-27(3)31-17-26(2)23-53(31)39(57)29-19-35(63-7)37(21-32(29)55)66-15-13-12-14-16-67-38-22-33-30(20-36(38)64-8)40(58)54-24-28(69-71(61,62)46(50,51)52)18-34(54)41(70-72(9,10)44(4,5)6)56(33)43(60)68-25-45(47,48)49/h19-24,27,31,34,41H,11-18,25H2,1-10H3/t27-,31-,34-,41-/m0/s1. The maximum atomic E-state index is 14.6. The van der Waals surface area contributed by atoms with Gasteiger partial charge in [0.1, 0.15) is 12.4 Å². The van der Waals surface area contributed by atoms with Gasteiger partial charge in [-0.3, -0.25) is 14.5 Å². The first-order chi connectivity index (χ1) is 33.4. The zero-order valence-corrected chi connectivity index (χ0v) is 45.4. The van der Waals surface area contributed by atoms with E-state index in [2.05, 4.69) is 4.18 Å². The second kappa shape index (κ2) is 21.6. The number of amides is 4. The van der Waals surface area contributed by atoms with E-state index in [9.17, 15) is 40.8 Å². The molecule has 0 aromatic heterocycles. The number of carbonyl (C=O) groups is 4. The van der Waals surface area contributed by atoms with Crippen molar-refractivity contribution in [3.8, 4) is 23.0 Å². The minimum Gasteiger partial charge on any atom is -0.493 e. The Morgan fingerprint density at radius 3 is 1.76 bits per heavy atom. The van der Waals surface area contributed by atoms with Crippen molar-refractivity contribution in [1.82, 2.24) is 9.80 Å². The van der Waals surface area contributed by atoms with Gasteiger partial charge < -0.3 is 46.8 Å². The lowest BCUT2D eigenvalue weighted by Gasteiger charge is -2.44. The van der Waals surface area contributed by atoms with Crippen LogP contribution in [0, 0.1) is 0 Å². The fourth-order valence-electron chi connectivity index (χ4n) is 8.32. The van der Waals surface area contributed by atoms with Crippen molar-refractivity contribution in [2.45, 2.75) is 125 Å². The first-order valence-corrected chi connectivity index (χ1v) is 28.3. The van der Waals surface area contributed by atoms with Gasteiger partial charge in [0.05, 0.1) is 74.7 Å². The Morgan fingerprint density at radius 2 is 1.28 bits per heavy atom. The quantitative estimate of drug-likeness (QED) is 0.0507. The third-order valence-electron chi connectivity index (χ3n) is 12.9. The maximum Gasteiger partial charge on any atom is 0.534 e. The Morgan fingerprint density at radius 1 is 0.764 bits per heavy atom. The van der Waals surface area contributed by atoms with Crippen molar-refractivity contribution < 1.29 is 77.8 Å². The third-order valence-corrected chi connectivity index (χ3v) is 18.7. The van der Waals surface area contributed by atoms with Crippen LogP contribution in [0.1, 0.15) is 94.4 Å². The molecule has 72 heavy (non-hydrogen) atoms. The van der Waals surface area contributed by atoms with Gasteiger partial charge in [0.25, 0.3) is 11.8 Å². The third kappa shape index (κ3) is 11.9. The van der Waals surface area contributed by atoms with Crippen LogP contribution in [0.4, 0.5) is 34.1 Å². The summed E-state index contributed by atoms with van der Waals surface area (Å²) in [4.78, 5) is 61.3. The zero-order chi connectivity index (χ0) is 53.5. The number of fused-ring (bicyclic) bond motifs is 4. The van der Waals surface area contributed by atoms with Crippen molar-refractivity contribution in [3.63, 3.8) is 0 Å². The van der Waals surface area contributed by atoms with Gasteiger partial charge in [-0.25, -0.2) is 14.5 Å². The lowest BCUT2D eigenvalue weighted by atomic mass is 10.0. The van der Waals surface area contributed by atoms with E-state index < -0.39 is 88.0 Å². The monoisotopic (exact) mass is 1110 g/mol. The van der Waals surface area contributed by atoms with E-state index in [0.717, 1.165) is 21.6 Å². The molecule has 0 fully saturated rings. The molecule has 0 bridgehead atoms. The number of hydrogen-bond donors (Lipinski definition) is 0. The van der Waals surface area contributed by atoms with Gasteiger partial charge in [-0.2, -0.15) is 21.6 Å². The number of unbranched alkanes of at least 4 members (excludes halogenated alkanes) is 2. The average Bonchev–Trinajstić information content (AvgIpc) is 3.85. The Hall–Kier alpha value is -4.81. The van der Waals surface area contributed by atoms with Gasteiger partial charge >= 0.3 is 27.8 Å². The largest absolute Gasteiger partial charge is 0.534 e. The highest BCUT2D eigenvalue weighted by atomic mass is 35.6. The number of methoxy groups -OCH3 is 2. The maximum absolute atomic E-state index is 14.6. The molecular formula is C46H58Cl3F3N4O14SSi. The van der Waals surface area contributed by atoms with Gasteiger partial charge in [-0.1, -0.05) is 61.1 Å². The molecule has 398 valence electrons. The normalized spacial score (nSPS) is 20.3. The van der Waals surface area contributed by atoms with Crippen LogP contribution in [0.5, 0.6) is 23.0 Å². The SMILES string of the molecule is CCOC(=O)N1c2cc(OCCCCCOc3cc4c(cc3OC)C(=O)N3C=C(OS(=O)(=O)C(F)(F)F)C[C@H]3[C@H](O[Si](C)(C)C(C)(C)C)N4C(=O)OCC(Cl)(Cl)Cl)c(OC)cc2C(=O)N2C=C(C)C[C@H]2[C@@H]1C. The number of nitrogens with zero attached hydrogens (tertiary/aromatic N) is 4. The van der Waals surface area contributed by atoms with Crippen LogP contribution in [0.15, 0.2) is 48.0 Å². The van der Waals surface area contributed by atoms with Crippen molar-refractivity contribution >= 4 is 88.6 Å². The molecule has 4 amide bonds. The van der Waals surface area contributed by atoms with Crippen molar-refractivity contribution in [2.75, 3.05) is 50.4 Å². The Balaban J connectivity index is 1.25. The van der Waals surface area contributed by atoms with Crippen molar-refractivity contribution in [1.29, 1.82) is 0 Å². The molecule has 2 aromatic carbocycles. The summed E-state index contributed by atoms with van der Waals surface area (Å²) in [6, 6.07) is 3.66. The smallest absolute Gasteiger partial charge is 0.493 e. The number of halogens is 6. The van der Waals surface area contributed by atoms with Crippen LogP contribution in [0.25, 0.3) is 0 Å². The molecule has 0 radical (unpaired) electrons. The summed E-state index contributed by atoms with van der Waals surface area (Å²) in [5.41, 5.74) is -4.58. The molecule has 4 heterocycles. The lowest BCUT2D eigenvalue weighted by molar-refractivity contribution is -0.0523. The van der Waals surface area contributed by atoms with Gasteiger partial charge in [-0.05, 0) is 76.7 Å². The number of hydrogen-bond acceptors (Lipinski definition) is 14. The predicted octanol–water partition coefficient (Wildman–Crippen LogP) is 10.4. The Labute approximate surface area is 432 Å². The summed E-state index contributed by atoms with van der Waals surface area (Å²) in [6.45, 7) is 14.4. The van der Waals surface area contributed by atoms with Gasteiger partial charge in [0.15, 0.2) is 37.5 Å². The highest BCUT2D eigenvalue weighted by Gasteiger charge is 2.54. The molecule has 4 aliphatic heterocycles. The van der Waals surface area contributed by atoms with Crippen LogP contribution in [-0.4, -0.2) is 125 Å². The molecular weight excluding hydrogens is 1060 g/mol. The summed E-state index contributed by atoms with van der Waals surface area (Å²) in [6.07, 6.45) is 0.730. The summed E-state index contributed by atoms with van der Waals surface area (Å²) in [5, 5.41) is -0.556. The summed E-state index contributed by atoms with van der Waals surface area (Å²) >= 11 is 17.9. The van der Waals surface area contributed by atoms with Crippen LogP contribution < -0.4 is 28.7 Å². The van der Waals surface area contributed by atoms with E-state index >= 15 is 0 Å². The van der Waals surface area contributed by atoms with Crippen LogP contribution >= 0.6 is 34.8 Å². The molecule has 0 spiro atoms. The fourth-order valence-corrected chi connectivity index (χ4v) is 10.2. The molecule has 4 atom stereocenters. The summed E-state index contributed by atoms with van der Waals surface area (Å²) in [7, 11) is -6.45. The van der Waals surface area contributed by atoms with E-state index in [4.69, 9.17) is 67.7 Å². The zero-order valence-electron chi connectivity index (χ0n) is 41.3. The first-order valence-electron chi connectivity index (χ1n) is 22.9. The molecule has 18 nitrogen and oxygen atoms in total. The number of alkyl halides is 6. The molecule has 0 saturated carbocycles. The number of carbonyl (C=O) groups excluding carboxylic acids is 4. The number of rotatable bonds is 16. The van der Waals surface area contributed by atoms with E-state index in [1.165, 1.54) is 31.3 Å². The molecule has 6 rings (SSSR count). The topological polar surface area (TPSA) is 189 Å². The van der Waals surface area contributed by atoms with Crippen LogP contribution in [0.3, 0.4) is 0 Å². The number of anilines is 2. The van der Waals surface area contributed by atoms with Crippen molar-refractivity contribution in [2.24, 2.45) is 0 Å². The van der Waals surface area contributed by atoms with Crippen molar-refractivity contribution in [3.05, 3.63) is 59.1 Å². The molecule has 26 heteroatoms. The van der Waals surface area contributed by atoms with E-state index in [1.807, 2.05) is 47.7 Å². The number of ether oxygens (including phenoxy) is 6. The minimum absolute atomic E-state index is 0.0196. The first kappa shape index (κ1) is 56.5. The summed E-state index contributed by atoms with van der Waals surface area (Å²) in [5.74, 6) is -1.25. The average molecular weight is 1110 g/mol. The van der Waals surface area contributed by atoms with Crippen LogP contribution in [0.2, 0.25) is 18.1 Å². The molecule has 0 N–H and O–H groups in total. The van der Waals surface area contributed by atoms with E-state index in [1.54, 1.807) is 30.2 Å². The predicted molar refractivity (Wildman–Crippen MR) is 263 cm³/mol. The van der Waals surface area contributed by atoms with Crippen LogP contribution in [-0.2, 0) is 28.2 Å². The molecule has 4 aliphatic rings.